The molecule has 0 amide bonds. The van der Waals surface area contributed by atoms with Crippen LogP contribution < -0.4 is 9.47 Å². The van der Waals surface area contributed by atoms with Crippen LogP contribution in [0.4, 0.5) is 0 Å². The average molecular weight is 374 g/mol. The Kier molecular flexibility index (Phi) is 3.55. The van der Waals surface area contributed by atoms with Gasteiger partial charge in [0.15, 0.2) is 0 Å². The fourth-order valence-corrected chi connectivity index (χ4v) is 6.20. The summed E-state index contributed by atoms with van der Waals surface area (Å²) in [6.07, 6.45) is 5.70. The smallest absolute Gasteiger partial charge is 0.121 e. The van der Waals surface area contributed by atoms with Crippen LogP contribution in [0.2, 0.25) is 0 Å². The zero-order valence-electron chi connectivity index (χ0n) is 16.8. The molecule has 1 aliphatic heterocycles. The van der Waals surface area contributed by atoms with Gasteiger partial charge in [0.25, 0.3) is 0 Å². The van der Waals surface area contributed by atoms with Crippen LogP contribution >= 0.6 is 0 Å². The van der Waals surface area contributed by atoms with Crippen LogP contribution in [0.3, 0.4) is 0 Å². The number of nitrogens with zero attached hydrogens (tertiary/aromatic N) is 2. The highest BCUT2D eigenvalue weighted by Gasteiger charge is 2.77. The molecule has 2 aromatic rings. The highest BCUT2D eigenvalue weighted by atomic mass is 16.5. The van der Waals surface area contributed by atoms with Crippen molar-refractivity contribution in [2.24, 2.45) is 27.5 Å². The standard InChI is InChI=1S/C24H26N2O2/c1-22(2)23(16-8-5-10-18(14-16)27-3)20-12-7-13-21(20)24(22,26-25-23)17-9-6-11-19(15-17)28-4/h5-12,14-15,20-21H,13H2,1-4H3/t20-,21+,23-,24+/m0/s1. The lowest BCUT2D eigenvalue weighted by atomic mass is 9.61. The van der Waals surface area contributed by atoms with Gasteiger partial charge in [-0.15, -0.1) is 0 Å². The second kappa shape index (κ2) is 5.69. The van der Waals surface area contributed by atoms with Crippen molar-refractivity contribution >= 4 is 0 Å². The van der Waals surface area contributed by atoms with Crippen molar-refractivity contribution in [2.45, 2.75) is 31.3 Å². The lowest BCUT2D eigenvalue weighted by molar-refractivity contribution is 0.150. The van der Waals surface area contributed by atoms with Crippen LogP contribution in [-0.4, -0.2) is 14.2 Å². The summed E-state index contributed by atoms with van der Waals surface area (Å²) in [6, 6.07) is 16.8. The molecule has 5 rings (SSSR count). The van der Waals surface area contributed by atoms with E-state index in [1.54, 1.807) is 14.2 Å². The second-order valence-corrected chi connectivity index (χ2v) is 8.62. The number of rotatable bonds is 4. The molecule has 144 valence electrons. The number of hydrogen-bond acceptors (Lipinski definition) is 4. The van der Waals surface area contributed by atoms with Crippen molar-refractivity contribution in [3.63, 3.8) is 0 Å². The van der Waals surface area contributed by atoms with Gasteiger partial charge in [0.1, 0.15) is 22.6 Å². The van der Waals surface area contributed by atoms with Gasteiger partial charge >= 0.3 is 0 Å². The Morgan fingerprint density at radius 2 is 1.43 bits per heavy atom. The first kappa shape index (κ1) is 17.5. The van der Waals surface area contributed by atoms with Crippen LogP contribution in [0, 0.1) is 17.3 Å². The van der Waals surface area contributed by atoms with Gasteiger partial charge in [-0.05, 0) is 41.8 Å². The minimum Gasteiger partial charge on any atom is -0.497 e. The third-order valence-corrected chi connectivity index (χ3v) is 7.48. The molecule has 28 heavy (non-hydrogen) atoms. The number of methoxy groups -OCH3 is 2. The minimum atomic E-state index is -0.401. The van der Waals surface area contributed by atoms with Crippen molar-refractivity contribution in [1.29, 1.82) is 0 Å². The van der Waals surface area contributed by atoms with Gasteiger partial charge in [-0.1, -0.05) is 50.3 Å². The molecule has 0 spiro atoms. The van der Waals surface area contributed by atoms with Crippen molar-refractivity contribution < 1.29 is 9.47 Å². The summed E-state index contributed by atoms with van der Waals surface area (Å²) in [4.78, 5) is 0. The number of benzene rings is 2. The minimum absolute atomic E-state index is 0.196. The Morgan fingerprint density at radius 3 is 2.04 bits per heavy atom. The summed E-state index contributed by atoms with van der Waals surface area (Å²) < 4.78 is 11.1. The third-order valence-electron chi connectivity index (χ3n) is 7.48. The molecule has 0 N–H and O–H groups in total. The fourth-order valence-electron chi connectivity index (χ4n) is 6.20. The second-order valence-electron chi connectivity index (χ2n) is 8.62. The van der Waals surface area contributed by atoms with E-state index in [9.17, 15) is 0 Å². The SMILES string of the molecule is COc1cccc([C@@]23N=N[C@@](c4cccc(OC)c4)([C@H]4C=CC[C@H]42)C3(C)C)c1. The van der Waals surface area contributed by atoms with Crippen molar-refractivity contribution in [1.82, 2.24) is 0 Å². The molecule has 2 bridgehead atoms. The Morgan fingerprint density at radius 1 is 0.857 bits per heavy atom. The fraction of sp³-hybridized carbons (Fsp3) is 0.417. The van der Waals surface area contributed by atoms with E-state index in [2.05, 4.69) is 62.4 Å². The van der Waals surface area contributed by atoms with Gasteiger partial charge in [-0.25, -0.2) is 0 Å². The normalized spacial score (nSPS) is 33.9. The summed E-state index contributed by atoms with van der Waals surface area (Å²) in [5.41, 5.74) is 1.41. The zero-order chi connectivity index (χ0) is 19.6. The first-order valence-electron chi connectivity index (χ1n) is 9.91. The number of hydrogen-bond donors (Lipinski definition) is 0. The Bertz CT molecular complexity index is 996. The lowest BCUT2D eigenvalue weighted by Gasteiger charge is -2.41. The van der Waals surface area contributed by atoms with Gasteiger partial charge in [-0.3, -0.25) is 0 Å². The van der Waals surface area contributed by atoms with E-state index in [0.29, 0.717) is 11.8 Å². The molecular weight excluding hydrogens is 348 g/mol. The van der Waals surface area contributed by atoms with E-state index in [-0.39, 0.29) is 11.0 Å². The van der Waals surface area contributed by atoms with E-state index in [4.69, 9.17) is 19.7 Å². The molecule has 1 fully saturated rings. The summed E-state index contributed by atoms with van der Waals surface area (Å²) >= 11 is 0. The maximum Gasteiger partial charge on any atom is 0.121 e. The first-order chi connectivity index (χ1) is 13.5. The number of azo groups is 1. The Balaban J connectivity index is 1.76. The summed E-state index contributed by atoms with van der Waals surface area (Å²) in [5, 5.41) is 10.1. The van der Waals surface area contributed by atoms with Gasteiger partial charge in [0, 0.05) is 17.3 Å². The first-order valence-corrected chi connectivity index (χ1v) is 9.91. The van der Waals surface area contributed by atoms with Crippen LogP contribution in [-0.2, 0) is 11.1 Å². The molecule has 0 radical (unpaired) electrons. The number of fused-ring (bicyclic) bond motifs is 5. The lowest BCUT2D eigenvalue weighted by Crippen LogP contribution is -2.44. The summed E-state index contributed by atoms with van der Waals surface area (Å²) in [5.74, 6) is 2.44. The quantitative estimate of drug-likeness (QED) is 0.664. The van der Waals surface area contributed by atoms with Crippen molar-refractivity contribution in [3.05, 3.63) is 71.8 Å². The molecule has 4 atom stereocenters. The largest absolute Gasteiger partial charge is 0.497 e. The van der Waals surface area contributed by atoms with E-state index in [1.807, 2.05) is 12.1 Å². The monoisotopic (exact) mass is 374 g/mol. The van der Waals surface area contributed by atoms with Crippen LogP contribution in [0.1, 0.15) is 31.4 Å². The molecular formula is C24H26N2O2. The molecule has 0 aromatic heterocycles. The van der Waals surface area contributed by atoms with Gasteiger partial charge in [-0.2, -0.15) is 10.2 Å². The maximum atomic E-state index is 5.53. The van der Waals surface area contributed by atoms with E-state index in [0.717, 1.165) is 17.9 Å². The molecule has 1 saturated carbocycles. The highest BCUT2D eigenvalue weighted by molar-refractivity contribution is 5.50. The predicted octanol–water partition coefficient (Wildman–Crippen LogP) is 5.49. The van der Waals surface area contributed by atoms with E-state index in [1.165, 1.54) is 11.1 Å². The molecule has 2 aliphatic carbocycles. The Hall–Kier alpha value is -2.62. The summed E-state index contributed by atoms with van der Waals surface area (Å²) in [6.45, 7) is 4.66. The van der Waals surface area contributed by atoms with Gasteiger partial charge < -0.3 is 9.47 Å². The number of ether oxygens (including phenoxy) is 2. The Labute approximate surface area is 166 Å². The topological polar surface area (TPSA) is 43.2 Å². The number of allylic oxidation sites excluding steroid dienone is 1. The zero-order valence-corrected chi connectivity index (χ0v) is 16.8. The van der Waals surface area contributed by atoms with Crippen molar-refractivity contribution in [2.75, 3.05) is 14.2 Å². The maximum absolute atomic E-state index is 5.53. The predicted molar refractivity (Wildman–Crippen MR) is 109 cm³/mol. The molecule has 4 heteroatoms. The van der Waals surface area contributed by atoms with Gasteiger partial charge in [0.05, 0.1) is 14.2 Å². The third kappa shape index (κ3) is 1.81. The molecule has 2 aromatic carbocycles. The molecule has 3 aliphatic rings. The highest BCUT2D eigenvalue weighted by Crippen LogP contribution is 2.76. The molecule has 4 nitrogen and oxygen atoms in total. The van der Waals surface area contributed by atoms with Gasteiger partial charge in [0.2, 0.25) is 0 Å². The van der Waals surface area contributed by atoms with E-state index >= 15 is 0 Å². The summed E-state index contributed by atoms with van der Waals surface area (Å²) in [7, 11) is 3.43. The molecule has 1 heterocycles. The van der Waals surface area contributed by atoms with E-state index < -0.39 is 5.54 Å². The average Bonchev–Trinajstić information content (AvgIpc) is 3.35. The van der Waals surface area contributed by atoms with Crippen LogP contribution in [0.15, 0.2) is 70.9 Å². The van der Waals surface area contributed by atoms with Crippen molar-refractivity contribution in [3.8, 4) is 11.5 Å². The molecule has 0 unspecified atom stereocenters. The van der Waals surface area contributed by atoms with Crippen LogP contribution in [0.25, 0.3) is 0 Å². The van der Waals surface area contributed by atoms with Crippen LogP contribution in [0.5, 0.6) is 11.5 Å². The molecule has 0 saturated heterocycles.